The lowest BCUT2D eigenvalue weighted by atomic mass is 10.1. The van der Waals surface area contributed by atoms with Crippen LogP contribution in [0.3, 0.4) is 0 Å². The van der Waals surface area contributed by atoms with Crippen LogP contribution in [0.2, 0.25) is 0 Å². The highest BCUT2D eigenvalue weighted by Crippen LogP contribution is 2.35. The monoisotopic (exact) mass is 498 g/mol. The van der Waals surface area contributed by atoms with E-state index in [1.807, 2.05) is 12.1 Å². The van der Waals surface area contributed by atoms with Crippen molar-refractivity contribution in [2.24, 2.45) is 0 Å². The average Bonchev–Trinajstić information content (AvgIpc) is 2.88. The van der Waals surface area contributed by atoms with Gasteiger partial charge in [-0.25, -0.2) is 4.79 Å². The zero-order valence-electron chi connectivity index (χ0n) is 22.7. The van der Waals surface area contributed by atoms with Gasteiger partial charge >= 0.3 is 5.63 Å². The molecule has 1 aromatic carbocycles. The van der Waals surface area contributed by atoms with E-state index in [-0.39, 0.29) is 5.75 Å². The van der Waals surface area contributed by atoms with Gasteiger partial charge in [0.25, 0.3) is 0 Å². The zero-order chi connectivity index (χ0) is 25.8. The normalized spacial score (nSPS) is 11.6. The number of hydrogen-bond donors (Lipinski definition) is 0. The molecule has 0 unspecified atom stereocenters. The minimum atomic E-state index is -0.510. The molecule has 2 aromatic rings. The highest BCUT2D eigenvalue weighted by molar-refractivity contribution is 5.86. The van der Waals surface area contributed by atoms with Crippen LogP contribution in [0.25, 0.3) is 11.0 Å². The molecule has 36 heavy (non-hydrogen) atoms. The standard InChI is InChI=1S/C31H46O5/c1-4-7-10-13-14-15-16-19-24-35-30-29(34-23-18-12-9-6-3)27-21-20-26(25-28(27)36-31(30)32)33-22-17-11-8-5-2/h8-9,11-12,20-21,25H,4-7,10,13-19,22-24H2,1-3H3. The Morgan fingerprint density at radius 1 is 0.694 bits per heavy atom. The molecule has 0 aliphatic rings. The van der Waals surface area contributed by atoms with Crippen molar-refractivity contribution in [3.05, 3.63) is 52.9 Å². The molecule has 0 fully saturated rings. The molecule has 0 radical (unpaired) electrons. The number of allylic oxidation sites excluding steroid dienone is 2. The number of hydrogen-bond acceptors (Lipinski definition) is 5. The summed E-state index contributed by atoms with van der Waals surface area (Å²) in [5, 5.41) is 0.721. The van der Waals surface area contributed by atoms with Gasteiger partial charge in [0.2, 0.25) is 5.75 Å². The molecule has 0 spiro atoms. The van der Waals surface area contributed by atoms with E-state index in [2.05, 4.69) is 45.1 Å². The van der Waals surface area contributed by atoms with Crippen LogP contribution in [0.4, 0.5) is 0 Å². The zero-order valence-corrected chi connectivity index (χ0v) is 22.7. The second-order valence-corrected chi connectivity index (χ2v) is 9.06. The molecule has 1 heterocycles. The summed E-state index contributed by atoms with van der Waals surface area (Å²) in [4.78, 5) is 12.9. The fourth-order valence-electron chi connectivity index (χ4n) is 3.95. The van der Waals surface area contributed by atoms with Crippen LogP contribution >= 0.6 is 0 Å². The van der Waals surface area contributed by atoms with Crippen LogP contribution in [0.1, 0.15) is 97.8 Å². The average molecular weight is 499 g/mol. The van der Waals surface area contributed by atoms with Gasteiger partial charge in [-0.1, -0.05) is 90.0 Å². The minimum absolute atomic E-state index is 0.170. The van der Waals surface area contributed by atoms with E-state index in [4.69, 9.17) is 18.6 Å². The van der Waals surface area contributed by atoms with Gasteiger partial charge in [0, 0.05) is 6.07 Å². The van der Waals surface area contributed by atoms with Gasteiger partial charge in [-0.05, 0) is 44.2 Å². The lowest BCUT2D eigenvalue weighted by Crippen LogP contribution is -2.12. The first-order valence-electron chi connectivity index (χ1n) is 14.0. The van der Waals surface area contributed by atoms with Crippen molar-refractivity contribution >= 4 is 11.0 Å². The summed E-state index contributed by atoms with van der Waals surface area (Å²) in [6.07, 6.45) is 21.7. The highest BCUT2D eigenvalue weighted by atomic mass is 16.5. The van der Waals surface area contributed by atoms with Crippen molar-refractivity contribution in [1.82, 2.24) is 0 Å². The molecule has 5 heteroatoms. The molecule has 0 amide bonds. The maximum atomic E-state index is 12.9. The first-order chi connectivity index (χ1) is 17.7. The molecule has 0 saturated carbocycles. The Morgan fingerprint density at radius 2 is 1.31 bits per heavy atom. The predicted molar refractivity (Wildman–Crippen MR) is 150 cm³/mol. The van der Waals surface area contributed by atoms with Gasteiger partial charge in [-0.15, -0.1) is 0 Å². The van der Waals surface area contributed by atoms with E-state index < -0.39 is 5.63 Å². The lowest BCUT2D eigenvalue weighted by molar-refractivity contribution is 0.256. The third-order valence-corrected chi connectivity index (χ3v) is 5.93. The van der Waals surface area contributed by atoms with Crippen LogP contribution in [0.15, 0.2) is 51.7 Å². The van der Waals surface area contributed by atoms with Crippen LogP contribution < -0.4 is 19.8 Å². The van der Waals surface area contributed by atoms with Crippen LogP contribution in [0, 0.1) is 0 Å². The molecular weight excluding hydrogens is 452 g/mol. The van der Waals surface area contributed by atoms with Crippen molar-refractivity contribution in [3.63, 3.8) is 0 Å². The molecule has 200 valence electrons. The Labute approximate surface area is 217 Å². The van der Waals surface area contributed by atoms with E-state index in [1.54, 1.807) is 6.07 Å². The Hall–Kier alpha value is -2.69. The Kier molecular flexibility index (Phi) is 15.2. The fraction of sp³-hybridized carbons (Fsp3) is 0.581. The van der Waals surface area contributed by atoms with Crippen molar-refractivity contribution in [2.75, 3.05) is 19.8 Å². The smallest absolute Gasteiger partial charge is 0.383 e. The van der Waals surface area contributed by atoms with Gasteiger partial charge in [-0.3, -0.25) is 0 Å². The summed E-state index contributed by atoms with van der Waals surface area (Å²) >= 11 is 0. The Morgan fingerprint density at radius 3 is 1.97 bits per heavy atom. The van der Waals surface area contributed by atoms with E-state index in [0.717, 1.165) is 43.9 Å². The molecule has 1 aromatic heterocycles. The van der Waals surface area contributed by atoms with Gasteiger partial charge in [-0.2, -0.15) is 0 Å². The second kappa shape index (κ2) is 18.6. The summed E-state index contributed by atoms with van der Waals surface area (Å²) in [7, 11) is 0. The largest absolute Gasteiger partial charge is 0.493 e. The summed E-state index contributed by atoms with van der Waals surface area (Å²) in [5.41, 5.74) is -0.0654. The topological polar surface area (TPSA) is 57.9 Å². The predicted octanol–water partition coefficient (Wildman–Crippen LogP) is 8.78. The summed E-state index contributed by atoms with van der Waals surface area (Å²) in [6.45, 7) is 7.95. The summed E-state index contributed by atoms with van der Waals surface area (Å²) < 4.78 is 23.5. The molecular formula is C31H46O5. The van der Waals surface area contributed by atoms with Gasteiger partial charge in [0.05, 0.1) is 25.2 Å². The van der Waals surface area contributed by atoms with E-state index in [1.165, 1.54) is 38.5 Å². The van der Waals surface area contributed by atoms with E-state index in [0.29, 0.717) is 36.9 Å². The molecule has 0 aliphatic heterocycles. The first-order valence-corrected chi connectivity index (χ1v) is 14.0. The first kappa shape index (κ1) is 29.5. The molecule has 0 atom stereocenters. The SMILES string of the molecule is CCC=CCCOc1ccc2c(OCCC=CCC)c(OCCCCCCCCCC)c(=O)oc2c1. The number of rotatable bonds is 20. The summed E-state index contributed by atoms with van der Waals surface area (Å²) in [5.74, 6) is 1.30. The van der Waals surface area contributed by atoms with Crippen molar-refractivity contribution in [1.29, 1.82) is 0 Å². The second-order valence-electron chi connectivity index (χ2n) is 9.06. The number of benzene rings is 1. The fourth-order valence-corrected chi connectivity index (χ4v) is 3.95. The third kappa shape index (κ3) is 10.9. The summed E-state index contributed by atoms with van der Waals surface area (Å²) in [6, 6.07) is 5.53. The van der Waals surface area contributed by atoms with E-state index >= 15 is 0 Å². The maximum Gasteiger partial charge on any atom is 0.383 e. The molecule has 2 rings (SSSR count). The molecule has 5 nitrogen and oxygen atoms in total. The van der Waals surface area contributed by atoms with Crippen LogP contribution in [0.5, 0.6) is 17.2 Å². The Bertz CT molecular complexity index is 973. The van der Waals surface area contributed by atoms with Crippen molar-refractivity contribution in [2.45, 2.75) is 97.8 Å². The van der Waals surface area contributed by atoms with Crippen molar-refractivity contribution < 1.29 is 18.6 Å². The molecule has 0 N–H and O–H groups in total. The molecule has 0 saturated heterocycles. The van der Waals surface area contributed by atoms with Crippen molar-refractivity contribution in [3.8, 4) is 17.2 Å². The van der Waals surface area contributed by atoms with Crippen LogP contribution in [-0.4, -0.2) is 19.8 Å². The lowest BCUT2D eigenvalue weighted by Gasteiger charge is -2.14. The Balaban J connectivity index is 2.06. The van der Waals surface area contributed by atoms with Crippen LogP contribution in [-0.2, 0) is 0 Å². The van der Waals surface area contributed by atoms with E-state index in [9.17, 15) is 4.79 Å². The molecule has 0 bridgehead atoms. The number of fused-ring (bicyclic) bond motifs is 1. The number of ether oxygens (including phenoxy) is 3. The van der Waals surface area contributed by atoms with Gasteiger partial charge in [0.15, 0.2) is 5.75 Å². The quantitative estimate of drug-likeness (QED) is 0.104. The molecule has 0 aliphatic carbocycles. The third-order valence-electron chi connectivity index (χ3n) is 5.93. The van der Waals surface area contributed by atoms with Gasteiger partial charge in [0.1, 0.15) is 11.3 Å². The maximum absolute atomic E-state index is 12.9. The highest BCUT2D eigenvalue weighted by Gasteiger charge is 2.18. The minimum Gasteiger partial charge on any atom is -0.493 e. The van der Waals surface area contributed by atoms with Gasteiger partial charge < -0.3 is 18.6 Å². The number of unbranched alkanes of at least 4 members (excludes halogenated alkanes) is 7.